The molecule has 2 N–H and O–H groups in total. The number of rotatable bonds is 9. The average molecular weight is 459 g/mol. The zero-order valence-corrected chi connectivity index (χ0v) is 19.3. The first-order valence-electron chi connectivity index (χ1n) is 10.4. The summed E-state index contributed by atoms with van der Waals surface area (Å²) in [6.07, 6.45) is 3.27. The lowest BCUT2D eigenvalue weighted by molar-refractivity contribution is 0.0944. The summed E-state index contributed by atoms with van der Waals surface area (Å²) in [5, 5.41) is 14.7. The van der Waals surface area contributed by atoms with Crippen LogP contribution in [0.5, 0.6) is 5.75 Å². The van der Waals surface area contributed by atoms with Crippen LogP contribution in [-0.4, -0.2) is 37.9 Å². The standard InChI is InChI=1S/C22H27ClN6O3/c1-5-28-12-19(20(27-28)22(31)24-11-14(2)3)25-21(30)18-8-9-29(26-18)13-32-16-6-7-17(23)15(4)10-16/h6-10,12,14H,5,11,13H2,1-4H3,(H,24,31)(H,25,30). The summed E-state index contributed by atoms with van der Waals surface area (Å²) in [6, 6.07) is 6.94. The Morgan fingerprint density at radius 2 is 1.94 bits per heavy atom. The van der Waals surface area contributed by atoms with Crippen LogP contribution >= 0.6 is 11.6 Å². The van der Waals surface area contributed by atoms with E-state index in [1.54, 1.807) is 35.3 Å². The van der Waals surface area contributed by atoms with Crippen LogP contribution in [0.15, 0.2) is 36.7 Å². The van der Waals surface area contributed by atoms with Crippen molar-refractivity contribution in [2.45, 2.75) is 41.0 Å². The van der Waals surface area contributed by atoms with Crippen molar-refractivity contribution >= 4 is 29.1 Å². The fourth-order valence-electron chi connectivity index (χ4n) is 2.81. The highest BCUT2D eigenvalue weighted by Crippen LogP contribution is 2.21. The van der Waals surface area contributed by atoms with Crippen molar-refractivity contribution in [2.75, 3.05) is 11.9 Å². The maximum absolute atomic E-state index is 12.7. The monoisotopic (exact) mass is 458 g/mol. The molecule has 0 saturated heterocycles. The third-order valence-electron chi connectivity index (χ3n) is 4.59. The molecule has 0 aliphatic rings. The summed E-state index contributed by atoms with van der Waals surface area (Å²) < 4.78 is 8.80. The molecule has 0 saturated carbocycles. The van der Waals surface area contributed by atoms with Gasteiger partial charge in [-0.1, -0.05) is 25.4 Å². The Morgan fingerprint density at radius 1 is 1.16 bits per heavy atom. The van der Waals surface area contributed by atoms with Crippen molar-refractivity contribution in [3.8, 4) is 5.75 Å². The van der Waals surface area contributed by atoms with Gasteiger partial charge in [-0.3, -0.25) is 14.3 Å². The number of hydrogen-bond donors (Lipinski definition) is 2. The Kier molecular flexibility index (Phi) is 7.53. The van der Waals surface area contributed by atoms with Gasteiger partial charge >= 0.3 is 0 Å². The zero-order chi connectivity index (χ0) is 23.3. The predicted molar refractivity (Wildman–Crippen MR) is 122 cm³/mol. The van der Waals surface area contributed by atoms with Crippen molar-refractivity contribution in [1.29, 1.82) is 0 Å². The second-order valence-electron chi connectivity index (χ2n) is 7.73. The quantitative estimate of drug-likeness (QED) is 0.508. The van der Waals surface area contributed by atoms with Crippen LogP contribution in [0.25, 0.3) is 0 Å². The molecule has 9 nitrogen and oxygen atoms in total. The van der Waals surface area contributed by atoms with Crippen LogP contribution in [0.3, 0.4) is 0 Å². The number of carbonyl (C=O) groups excluding carboxylic acids is 2. The van der Waals surface area contributed by atoms with Crippen molar-refractivity contribution in [3.05, 3.63) is 58.6 Å². The molecule has 1 aromatic carbocycles. The second-order valence-corrected chi connectivity index (χ2v) is 8.14. The Labute approximate surface area is 191 Å². The zero-order valence-electron chi connectivity index (χ0n) is 18.6. The lowest BCUT2D eigenvalue weighted by atomic mass is 10.2. The van der Waals surface area contributed by atoms with Gasteiger partial charge in [-0.2, -0.15) is 10.2 Å². The molecule has 0 aliphatic carbocycles. The van der Waals surface area contributed by atoms with Crippen LogP contribution in [0.1, 0.15) is 47.3 Å². The van der Waals surface area contributed by atoms with Crippen molar-refractivity contribution in [1.82, 2.24) is 24.9 Å². The van der Waals surface area contributed by atoms with Gasteiger partial charge in [0.1, 0.15) is 5.75 Å². The van der Waals surface area contributed by atoms with Crippen LogP contribution in [-0.2, 0) is 13.3 Å². The van der Waals surface area contributed by atoms with E-state index in [1.807, 2.05) is 33.8 Å². The Morgan fingerprint density at radius 3 is 2.62 bits per heavy atom. The fraction of sp³-hybridized carbons (Fsp3) is 0.364. The van der Waals surface area contributed by atoms with Gasteiger partial charge in [0.2, 0.25) is 0 Å². The van der Waals surface area contributed by atoms with Gasteiger partial charge < -0.3 is 15.4 Å². The minimum Gasteiger partial charge on any atom is -0.471 e. The average Bonchev–Trinajstić information content (AvgIpc) is 3.40. The highest BCUT2D eigenvalue weighted by molar-refractivity contribution is 6.31. The largest absolute Gasteiger partial charge is 0.471 e. The van der Waals surface area contributed by atoms with Gasteiger partial charge in [0.25, 0.3) is 11.8 Å². The number of hydrogen-bond acceptors (Lipinski definition) is 5. The number of aryl methyl sites for hydroxylation is 2. The van der Waals surface area contributed by atoms with E-state index >= 15 is 0 Å². The third-order valence-corrected chi connectivity index (χ3v) is 5.01. The number of ether oxygens (including phenoxy) is 1. The van der Waals surface area contributed by atoms with Crippen molar-refractivity contribution in [2.24, 2.45) is 5.92 Å². The smallest absolute Gasteiger partial charge is 0.276 e. The Hall–Kier alpha value is -3.33. The molecule has 170 valence electrons. The van der Waals surface area contributed by atoms with Crippen LogP contribution in [0.2, 0.25) is 5.02 Å². The maximum Gasteiger partial charge on any atom is 0.276 e. The van der Waals surface area contributed by atoms with Gasteiger partial charge in [-0.15, -0.1) is 0 Å². The second kappa shape index (κ2) is 10.3. The van der Waals surface area contributed by atoms with Crippen molar-refractivity contribution in [3.63, 3.8) is 0 Å². The molecule has 32 heavy (non-hydrogen) atoms. The first kappa shape index (κ1) is 23.3. The summed E-state index contributed by atoms with van der Waals surface area (Å²) in [5.74, 6) is 0.170. The third kappa shape index (κ3) is 5.88. The molecular weight excluding hydrogens is 432 g/mol. The van der Waals surface area contributed by atoms with E-state index in [1.165, 1.54) is 4.68 Å². The summed E-state index contributed by atoms with van der Waals surface area (Å²) in [4.78, 5) is 25.2. The molecule has 0 unspecified atom stereocenters. The number of nitrogens with zero attached hydrogens (tertiary/aromatic N) is 4. The van der Waals surface area contributed by atoms with Gasteiger partial charge in [0, 0.05) is 30.5 Å². The molecule has 2 amide bonds. The molecule has 0 aliphatic heterocycles. The van der Waals surface area contributed by atoms with E-state index in [2.05, 4.69) is 20.8 Å². The normalized spacial score (nSPS) is 10.9. The lowest BCUT2D eigenvalue weighted by Gasteiger charge is -2.08. The van der Waals surface area contributed by atoms with Crippen LogP contribution < -0.4 is 15.4 Å². The van der Waals surface area contributed by atoms with E-state index in [0.717, 1.165) is 5.56 Å². The Balaban J connectivity index is 1.66. The fourth-order valence-corrected chi connectivity index (χ4v) is 2.93. The first-order chi connectivity index (χ1) is 15.3. The molecule has 2 heterocycles. The molecule has 0 spiro atoms. The summed E-state index contributed by atoms with van der Waals surface area (Å²) in [6.45, 7) is 9.01. The van der Waals surface area contributed by atoms with E-state index in [-0.39, 0.29) is 24.0 Å². The van der Waals surface area contributed by atoms with Gasteiger partial charge in [-0.05, 0) is 49.6 Å². The summed E-state index contributed by atoms with van der Waals surface area (Å²) in [5.41, 5.74) is 1.60. The Bertz CT molecular complexity index is 1110. The van der Waals surface area contributed by atoms with E-state index in [9.17, 15) is 9.59 Å². The number of carbonyl (C=O) groups is 2. The highest BCUT2D eigenvalue weighted by Gasteiger charge is 2.20. The molecule has 10 heteroatoms. The lowest BCUT2D eigenvalue weighted by Crippen LogP contribution is -2.28. The SMILES string of the molecule is CCn1cc(NC(=O)c2ccn(COc3ccc(Cl)c(C)c3)n2)c(C(=O)NCC(C)C)n1. The number of amides is 2. The topological polar surface area (TPSA) is 103 Å². The number of benzene rings is 1. The van der Waals surface area contributed by atoms with Crippen LogP contribution in [0.4, 0.5) is 5.69 Å². The maximum atomic E-state index is 12.7. The molecule has 0 fully saturated rings. The van der Waals surface area contributed by atoms with E-state index in [4.69, 9.17) is 16.3 Å². The van der Waals surface area contributed by atoms with Crippen LogP contribution in [0, 0.1) is 12.8 Å². The number of nitrogens with one attached hydrogen (secondary N) is 2. The minimum absolute atomic E-state index is 0.130. The van der Waals surface area contributed by atoms with Crippen molar-refractivity contribution < 1.29 is 14.3 Å². The molecule has 3 aromatic rings. The number of halogens is 1. The van der Waals surface area contributed by atoms with Gasteiger partial charge in [0.15, 0.2) is 18.1 Å². The number of anilines is 1. The summed E-state index contributed by atoms with van der Waals surface area (Å²) in [7, 11) is 0. The first-order valence-corrected chi connectivity index (χ1v) is 10.7. The minimum atomic E-state index is -0.445. The van der Waals surface area contributed by atoms with Gasteiger partial charge in [-0.25, -0.2) is 4.68 Å². The molecular formula is C22H27ClN6O3. The molecule has 0 radical (unpaired) electrons. The summed E-state index contributed by atoms with van der Waals surface area (Å²) >= 11 is 6.03. The molecule has 3 rings (SSSR count). The molecule has 2 aromatic heterocycles. The van der Waals surface area contributed by atoms with E-state index < -0.39 is 5.91 Å². The molecule has 0 atom stereocenters. The predicted octanol–water partition coefficient (Wildman–Crippen LogP) is 3.74. The van der Waals surface area contributed by atoms with E-state index in [0.29, 0.717) is 35.5 Å². The molecule has 0 bridgehead atoms. The highest BCUT2D eigenvalue weighted by atomic mass is 35.5. The number of aromatic nitrogens is 4. The van der Waals surface area contributed by atoms with Gasteiger partial charge in [0.05, 0.1) is 5.69 Å².